The van der Waals surface area contributed by atoms with Gasteiger partial charge in [0, 0.05) is 6.42 Å². The molecule has 0 spiro atoms. The zero-order chi connectivity index (χ0) is 37.3. The molecule has 0 aromatic rings. The van der Waals surface area contributed by atoms with Gasteiger partial charge in [0.1, 0.15) is 0 Å². The van der Waals surface area contributed by atoms with Crippen molar-refractivity contribution in [1.29, 1.82) is 0 Å². The standard InChI is InChI=1S/C20H38O7S.C18H34O3.Na.Sn.3H/c1-5-9-11-16(7-3)14-26-19(21)13-18(28(23,24)25)20(22)27-15-17(8-4)12-10-6-2;1-2-3-4-11-14-17(19)15-12-9-7-5-6-8-10-13-16-18(20)21;;;;;/h16-18H,5-15H2,1-4H3,(H,23,24,25);9,12,17,19H,2-8,10-11,13-16H2,1H3,(H,20,21);;;;;/q;;+1;;;;-1/b;12-9-;;;;;/t;17-;;;;;/m.1...../s1. The molecule has 298 valence electrons. The Bertz CT molecular complexity index is 971. The Morgan fingerprint density at radius 1 is 0.706 bits per heavy atom. The summed E-state index contributed by atoms with van der Waals surface area (Å²) in [4.78, 5) is 34.5. The molecule has 0 aromatic heterocycles. The van der Waals surface area contributed by atoms with Gasteiger partial charge in [-0.2, -0.15) is 8.42 Å². The quantitative estimate of drug-likeness (QED) is 0.0269. The monoisotopic (exact) mass is 866 g/mol. The molecule has 13 heteroatoms. The molecule has 0 aliphatic rings. The number of allylic oxidation sites excluding steroid dienone is 1. The third kappa shape index (κ3) is 37.9. The topological polar surface area (TPSA) is 164 Å². The zero-order valence-electron chi connectivity index (χ0n) is 34.2. The number of aliphatic carboxylic acids is 1. The first-order chi connectivity index (χ1) is 23.4. The van der Waals surface area contributed by atoms with Crippen molar-refractivity contribution in [2.45, 2.75) is 187 Å². The first-order valence-electron chi connectivity index (χ1n) is 19.2. The second-order valence-corrected chi connectivity index (χ2v) is 14.9. The number of aliphatic hydroxyl groups excluding tert-OH is 1. The van der Waals surface area contributed by atoms with E-state index < -0.39 is 39.7 Å². The second-order valence-electron chi connectivity index (χ2n) is 13.3. The number of carbonyl (C=O) groups excluding carboxylic acids is 2. The molecule has 51 heavy (non-hydrogen) atoms. The molecule has 0 rings (SSSR count). The minimum absolute atomic E-state index is 0. The van der Waals surface area contributed by atoms with E-state index in [1.54, 1.807) is 0 Å². The van der Waals surface area contributed by atoms with Crippen LogP contribution in [0.2, 0.25) is 0 Å². The molecule has 2 radical (unpaired) electrons. The van der Waals surface area contributed by atoms with E-state index in [4.69, 9.17) is 14.6 Å². The summed E-state index contributed by atoms with van der Waals surface area (Å²) in [6, 6.07) is 0. The van der Waals surface area contributed by atoms with Crippen molar-refractivity contribution in [2.24, 2.45) is 11.8 Å². The number of carbonyl (C=O) groups is 3. The van der Waals surface area contributed by atoms with Crippen LogP contribution in [0.25, 0.3) is 0 Å². The number of rotatable bonds is 31. The Labute approximate surface area is 351 Å². The van der Waals surface area contributed by atoms with Gasteiger partial charge in [0.15, 0.2) is 5.25 Å². The van der Waals surface area contributed by atoms with Crippen LogP contribution in [0.4, 0.5) is 0 Å². The number of ether oxygens (including phenoxy) is 2. The van der Waals surface area contributed by atoms with Gasteiger partial charge in [0.2, 0.25) is 0 Å². The van der Waals surface area contributed by atoms with Crippen molar-refractivity contribution >= 4 is 51.9 Å². The van der Waals surface area contributed by atoms with Crippen molar-refractivity contribution in [2.75, 3.05) is 13.2 Å². The summed E-state index contributed by atoms with van der Waals surface area (Å²) in [5, 5.41) is 16.4. The van der Waals surface area contributed by atoms with E-state index in [9.17, 15) is 32.5 Å². The summed E-state index contributed by atoms with van der Waals surface area (Å²) in [6.45, 7) is 10.5. The van der Waals surface area contributed by atoms with Gasteiger partial charge in [-0.25, -0.2) is 0 Å². The van der Waals surface area contributed by atoms with Crippen LogP contribution in [0.3, 0.4) is 0 Å². The van der Waals surface area contributed by atoms with Gasteiger partial charge in [-0.3, -0.25) is 18.9 Å². The van der Waals surface area contributed by atoms with Gasteiger partial charge in [-0.15, -0.1) is 0 Å². The van der Waals surface area contributed by atoms with Crippen molar-refractivity contribution in [3.8, 4) is 0 Å². The molecule has 0 amide bonds. The first kappa shape index (κ1) is 57.5. The van der Waals surface area contributed by atoms with Gasteiger partial charge >= 0.3 is 71.4 Å². The van der Waals surface area contributed by atoms with Crippen molar-refractivity contribution < 1.29 is 78.0 Å². The Morgan fingerprint density at radius 3 is 1.73 bits per heavy atom. The summed E-state index contributed by atoms with van der Waals surface area (Å²) in [6.07, 6.45) is 24.1. The SMILES string of the molecule is CCCCC(CC)COC(=O)CC(C(=O)OCC(CC)CCCC)S(=O)(=O)O.CCCCCC[C@@H](O)C/C=C\CCCCCCCC(=O)O.[H-].[Na+].[SnH2]. The minimum atomic E-state index is -4.76. The number of esters is 2. The molecule has 4 atom stereocenters. The van der Waals surface area contributed by atoms with Crippen LogP contribution in [-0.2, 0) is 34.0 Å². The van der Waals surface area contributed by atoms with Crippen molar-refractivity contribution in [3.05, 3.63) is 12.2 Å². The maximum absolute atomic E-state index is 12.2. The Morgan fingerprint density at radius 2 is 1.22 bits per heavy atom. The van der Waals surface area contributed by atoms with E-state index in [1.165, 1.54) is 25.7 Å². The van der Waals surface area contributed by atoms with Gasteiger partial charge in [0.05, 0.1) is 25.7 Å². The molecule has 10 nitrogen and oxygen atoms in total. The molecule has 3 unspecified atom stereocenters. The van der Waals surface area contributed by atoms with E-state index >= 15 is 0 Å². The third-order valence-corrected chi connectivity index (χ3v) is 9.81. The summed E-state index contributed by atoms with van der Waals surface area (Å²) < 4.78 is 42.8. The first-order valence-corrected chi connectivity index (χ1v) is 20.7. The van der Waals surface area contributed by atoms with Gasteiger partial charge in [-0.1, -0.05) is 130 Å². The normalized spacial score (nSPS) is 13.5. The Hall–Kier alpha value is -0.181. The van der Waals surface area contributed by atoms with Gasteiger partial charge < -0.3 is 21.1 Å². The van der Waals surface area contributed by atoms with E-state index in [0.717, 1.165) is 103 Å². The number of carboxylic acid groups (broad SMARTS) is 1. The second kappa shape index (κ2) is 39.5. The molecule has 0 heterocycles. The summed E-state index contributed by atoms with van der Waals surface area (Å²) in [5.41, 5.74) is 0. The molecule has 0 aliphatic heterocycles. The van der Waals surface area contributed by atoms with E-state index in [1.807, 2.05) is 13.8 Å². The summed E-state index contributed by atoms with van der Waals surface area (Å²) in [7, 11) is -4.76. The zero-order valence-corrected chi connectivity index (χ0v) is 40.1. The van der Waals surface area contributed by atoms with Crippen LogP contribution >= 0.6 is 0 Å². The average molecular weight is 866 g/mol. The van der Waals surface area contributed by atoms with Crippen LogP contribution in [-0.4, -0.2) is 89.6 Å². The van der Waals surface area contributed by atoms with Gasteiger partial charge in [-0.05, 0) is 56.8 Å². The Balaban J connectivity index is -0.000000277. The van der Waals surface area contributed by atoms with E-state index in [-0.39, 0.29) is 86.0 Å². The van der Waals surface area contributed by atoms with Crippen molar-refractivity contribution in [3.63, 3.8) is 0 Å². The third-order valence-electron chi connectivity index (χ3n) is 8.73. The Kier molecular flexibility index (Phi) is 44.6. The number of hydrogen-bond donors (Lipinski definition) is 3. The number of hydrogen-bond acceptors (Lipinski definition) is 8. The number of unbranched alkanes of at least 4 members (excludes halogenated alkanes) is 10. The molecule has 0 saturated heterocycles. The van der Waals surface area contributed by atoms with E-state index in [0.29, 0.717) is 6.42 Å². The fourth-order valence-corrected chi connectivity index (χ4v) is 5.84. The fourth-order valence-electron chi connectivity index (χ4n) is 5.18. The van der Waals surface area contributed by atoms with Crippen LogP contribution < -0.4 is 29.6 Å². The molecule has 0 fully saturated rings. The van der Waals surface area contributed by atoms with Crippen LogP contribution in [0, 0.1) is 11.8 Å². The number of carboxylic acids is 1. The van der Waals surface area contributed by atoms with Crippen LogP contribution in [0.1, 0.15) is 177 Å². The fraction of sp³-hybridized carbons (Fsp3) is 0.868. The van der Waals surface area contributed by atoms with Crippen LogP contribution in [0.15, 0.2) is 12.2 Å². The molecular weight excluding hydrogens is 790 g/mol. The maximum atomic E-state index is 12.2. The predicted octanol–water partition coefficient (Wildman–Crippen LogP) is 5.43. The van der Waals surface area contributed by atoms with Crippen molar-refractivity contribution in [1.82, 2.24) is 0 Å². The molecule has 0 bridgehead atoms. The van der Waals surface area contributed by atoms with Crippen LogP contribution in [0.5, 0.6) is 0 Å². The molecule has 0 aromatic carbocycles. The summed E-state index contributed by atoms with van der Waals surface area (Å²) >= 11 is 0. The average Bonchev–Trinajstić information content (AvgIpc) is 3.06. The number of aliphatic hydroxyl groups is 1. The molecule has 3 N–H and O–H groups in total. The molecule has 0 saturated carbocycles. The predicted molar refractivity (Wildman–Crippen MR) is 207 cm³/mol. The van der Waals surface area contributed by atoms with Gasteiger partial charge in [0.25, 0.3) is 10.1 Å². The molecular formula is C38H75NaO10SSn. The molecule has 0 aliphatic carbocycles. The summed E-state index contributed by atoms with van der Waals surface area (Å²) in [5.74, 6) is -2.29. The van der Waals surface area contributed by atoms with E-state index in [2.05, 4.69) is 32.9 Å².